The number of aromatic nitrogens is 2. The average Bonchev–Trinajstić information content (AvgIpc) is 2.30. The van der Waals surface area contributed by atoms with Crippen LogP contribution in [-0.2, 0) is 4.74 Å². The summed E-state index contributed by atoms with van der Waals surface area (Å²) < 4.78 is 5.28. The van der Waals surface area contributed by atoms with Crippen LogP contribution in [0.5, 0.6) is 0 Å². The Morgan fingerprint density at radius 1 is 1.44 bits per heavy atom. The maximum atomic E-state index is 9.48. The van der Waals surface area contributed by atoms with Crippen LogP contribution in [0.3, 0.4) is 0 Å². The summed E-state index contributed by atoms with van der Waals surface area (Å²) in [5.74, 6) is 0.635. The Morgan fingerprint density at radius 3 is 2.81 bits per heavy atom. The Hall–Kier alpha value is -0.910. The number of hydrogen-bond donors (Lipinski definition) is 2. The van der Waals surface area contributed by atoms with Crippen molar-refractivity contribution in [1.29, 1.82) is 0 Å². The molecule has 1 fully saturated rings. The summed E-state index contributed by atoms with van der Waals surface area (Å²) in [5, 5.41) is 13.1. The van der Waals surface area contributed by atoms with Gasteiger partial charge in [0, 0.05) is 19.3 Å². The summed E-state index contributed by atoms with van der Waals surface area (Å²) in [7, 11) is 0. The molecular formula is C10H14ClN3O2. The highest BCUT2D eigenvalue weighted by Crippen LogP contribution is 2.25. The van der Waals surface area contributed by atoms with E-state index in [1.54, 1.807) is 6.07 Å². The van der Waals surface area contributed by atoms with E-state index in [0.717, 1.165) is 12.8 Å². The molecule has 0 aromatic carbocycles. The number of hydrogen-bond acceptors (Lipinski definition) is 5. The van der Waals surface area contributed by atoms with Gasteiger partial charge in [0.1, 0.15) is 17.3 Å². The van der Waals surface area contributed by atoms with Crippen molar-refractivity contribution in [3.05, 3.63) is 17.5 Å². The lowest BCUT2D eigenvalue weighted by atomic mass is 9.91. The molecule has 88 valence electrons. The van der Waals surface area contributed by atoms with Gasteiger partial charge in [0.15, 0.2) is 0 Å². The Labute approximate surface area is 98.8 Å². The molecule has 2 N–H and O–H groups in total. The van der Waals surface area contributed by atoms with E-state index in [4.69, 9.17) is 16.3 Å². The van der Waals surface area contributed by atoms with Crippen LogP contribution in [0.1, 0.15) is 12.8 Å². The second-order valence-corrected chi connectivity index (χ2v) is 4.29. The van der Waals surface area contributed by atoms with E-state index < -0.39 is 0 Å². The zero-order valence-corrected chi connectivity index (χ0v) is 9.57. The molecule has 0 aliphatic carbocycles. The number of ether oxygens (including phenoxy) is 1. The van der Waals surface area contributed by atoms with Crippen LogP contribution in [0.4, 0.5) is 5.82 Å². The quantitative estimate of drug-likeness (QED) is 0.778. The minimum atomic E-state index is -0.351. The molecule has 0 spiro atoms. The fourth-order valence-electron chi connectivity index (χ4n) is 1.76. The van der Waals surface area contributed by atoms with Gasteiger partial charge >= 0.3 is 0 Å². The molecule has 16 heavy (non-hydrogen) atoms. The Balaban J connectivity index is 2.11. The molecule has 2 rings (SSSR count). The molecule has 0 atom stereocenters. The Bertz CT molecular complexity index is 356. The van der Waals surface area contributed by atoms with Gasteiger partial charge in [0.05, 0.1) is 12.1 Å². The third-order valence-electron chi connectivity index (χ3n) is 2.78. The highest BCUT2D eigenvalue weighted by molar-refractivity contribution is 6.29. The summed E-state index contributed by atoms with van der Waals surface area (Å²) in [4.78, 5) is 7.88. The summed E-state index contributed by atoms with van der Waals surface area (Å²) in [6.45, 7) is 1.34. The molecule has 1 aromatic rings. The maximum Gasteiger partial charge on any atom is 0.134 e. The van der Waals surface area contributed by atoms with Gasteiger partial charge in [-0.25, -0.2) is 9.97 Å². The predicted molar refractivity (Wildman–Crippen MR) is 60.5 cm³/mol. The average molecular weight is 244 g/mol. The number of anilines is 1. The van der Waals surface area contributed by atoms with E-state index in [-0.39, 0.29) is 12.1 Å². The van der Waals surface area contributed by atoms with Crippen molar-refractivity contribution in [2.24, 2.45) is 0 Å². The summed E-state index contributed by atoms with van der Waals surface area (Å²) >= 11 is 5.77. The van der Waals surface area contributed by atoms with Gasteiger partial charge in [0.25, 0.3) is 0 Å². The second kappa shape index (κ2) is 4.95. The molecule has 0 amide bonds. The lowest BCUT2D eigenvalue weighted by molar-refractivity contribution is 0.0378. The van der Waals surface area contributed by atoms with Crippen molar-refractivity contribution in [2.75, 3.05) is 25.1 Å². The summed E-state index contributed by atoms with van der Waals surface area (Å²) in [5.41, 5.74) is -0.351. The molecule has 1 aliphatic heterocycles. The molecule has 5 nitrogen and oxygen atoms in total. The van der Waals surface area contributed by atoms with E-state index in [0.29, 0.717) is 24.2 Å². The number of aliphatic hydroxyl groups is 1. The van der Waals surface area contributed by atoms with Gasteiger partial charge in [-0.2, -0.15) is 0 Å². The molecule has 0 radical (unpaired) electrons. The van der Waals surface area contributed by atoms with Crippen molar-refractivity contribution in [2.45, 2.75) is 18.4 Å². The first-order valence-corrected chi connectivity index (χ1v) is 5.56. The molecule has 0 bridgehead atoms. The number of halogens is 1. The zero-order chi connectivity index (χ0) is 11.4. The van der Waals surface area contributed by atoms with Crippen molar-refractivity contribution in [3.63, 3.8) is 0 Å². The van der Waals surface area contributed by atoms with Crippen molar-refractivity contribution >= 4 is 17.4 Å². The molecule has 1 aromatic heterocycles. The fourth-order valence-corrected chi connectivity index (χ4v) is 1.91. The topological polar surface area (TPSA) is 67.3 Å². The molecule has 1 saturated heterocycles. The van der Waals surface area contributed by atoms with Crippen molar-refractivity contribution in [3.8, 4) is 0 Å². The van der Waals surface area contributed by atoms with Crippen molar-refractivity contribution in [1.82, 2.24) is 9.97 Å². The van der Waals surface area contributed by atoms with Crippen LogP contribution in [0.15, 0.2) is 12.4 Å². The van der Waals surface area contributed by atoms with Crippen LogP contribution in [0.25, 0.3) is 0 Å². The Morgan fingerprint density at radius 2 is 2.19 bits per heavy atom. The van der Waals surface area contributed by atoms with Crippen LogP contribution < -0.4 is 5.32 Å². The highest BCUT2D eigenvalue weighted by Gasteiger charge is 2.32. The first-order valence-electron chi connectivity index (χ1n) is 5.18. The van der Waals surface area contributed by atoms with Crippen LogP contribution >= 0.6 is 11.6 Å². The highest BCUT2D eigenvalue weighted by atomic mass is 35.5. The second-order valence-electron chi connectivity index (χ2n) is 3.90. The molecule has 1 aliphatic rings. The van der Waals surface area contributed by atoms with Crippen LogP contribution in [0.2, 0.25) is 5.15 Å². The van der Waals surface area contributed by atoms with Crippen LogP contribution in [0, 0.1) is 0 Å². The summed E-state index contributed by atoms with van der Waals surface area (Å²) in [6, 6.07) is 1.65. The standard InChI is InChI=1S/C10H14ClN3O2/c11-8-5-9(13-7-12-8)14-10(6-15)1-3-16-4-2-10/h5,7,15H,1-4,6H2,(H,12,13,14). The van der Waals surface area contributed by atoms with Crippen LogP contribution in [-0.4, -0.2) is 40.4 Å². The first-order chi connectivity index (χ1) is 7.74. The van der Waals surface area contributed by atoms with E-state index in [9.17, 15) is 5.11 Å². The van der Waals surface area contributed by atoms with Gasteiger partial charge in [0.2, 0.25) is 0 Å². The van der Waals surface area contributed by atoms with Gasteiger partial charge in [-0.05, 0) is 12.8 Å². The fraction of sp³-hybridized carbons (Fsp3) is 0.600. The molecule has 6 heteroatoms. The normalized spacial score (nSPS) is 19.4. The van der Waals surface area contributed by atoms with Gasteiger partial charge in [-0.3, -0.25) is 0 Å². The number of nitrogens with zero attached hydrogens (tertiary/aromatic N) is 2. The minimum Gasteiger partial charge on any atom is -0.394 e. The number of nitrogens with one attached hydrogen (secondary N) is 1. The first kappa shape index (κ1) is 11.6. The Kier molecular flexibility index (Phi) is 3.58. The van der Waals surface area contributed by atoms with E-state index >= 15 is 0 Å². The smallest absolute Gasteiger partial charge is 0.134 e. The lowest BCUT2D eigenvalue weighted by Crippen LogP contribution is -2.47. The molecule has 0 saturated carbocycles. The molecule has 2 heterocycles. The van der Waals surface area contributed by atoms with E-state index in [1.807, 2.05) is 0 Å². The van der Waals surface area contributed by atoms with E-state index in [2.05, 4.69) is 15.3 Å². The van der Waals surface area contributed by atoms with Gasteiger partial charge in [-0.15, -0.1) is 0 Å². The van der Waals surface area contributed by atoms with Gasteiger partial charge < -0.3 is 15.2 Å². The zero-order valence-electron chi connectivity index (χ0n) is 8.82. The maximum absolute atomic E-state index is 9.48. The third-order valence-corrected chi connectivity index (χ3v) is 2.99. The third kappa shape index (κ3) is 2.61. The predicted octanol–water partition coefficient (Wildman–Crippen LogP) is 1.08. The molecule has 0 unspecified atom stereocenters. The summed E-state index contributed by atoms with van der Waals surface area (Å²) in [6.07, 6.45) is 2.91. The largest absolute Gasteiger partial charge is 0.394 e. The van der Waals surface area contributed by atoms with Crippen molar-refractivity contribution < 1.29 is 9.84 Å². The number of aliphatic hydroxyl groups excluding tert-OH is 1. The SMILES string of the molecule is OCC1(Nc2cc(Cl)ncn2)CCOCC1. The lowest BCUT2D eigenvalue weighted by Gasteiger charge is -2.36. The molecular weight excluding hydrogens is 230 g/mol. The number of rotatable bonds is 3. The monoisotopic (exact) mass is 243 g/mol. The minimum absolute atomic E-state index is 0.0536. The van der Waals surface area contributed by atoms with E-state index in [1.165, 1.54) is 6.33 Å². The van der Waals surface area contributed by atoms with Gasteiger partial charge in [-0.1, -0.05) is 11.6 Å².